The number of amides is 1. The van der Waals surface area contributed by atoms with Gasteiger partial charge in [0.1, 0.15) is 5.69 Å². The molecule has 1 heterocycles. The molecule has 3 N–H and O–H groups in total. The van der Waals surface area contributed by atoms with E-state index in [1.807, 2.05) is 13.8 Å². The lowest BCUT2D eigenvalue weighted by Crippen LogP contribution is -2.29. The maximum absolute atomic E-state index is 11.4. The number of H-pyrrole nitrogens is 1. The number of carboxylic acid groups (broad SMARTS) is 1. The number of carbonyl (C=O) groups is 2. The van der Waals surface area contributed by atoms with E-state index < -0.39 is 5.97 Å². The van der Waals surface area contributed by atoms with E-state index in [9.17, 15) is 9.59 Å². The number of aromatic nitrogens is 1. The van der Waals surface area contributed by atoms with Crippen molar-refractivity contribution < 1.29 is 14.7 Å². The first-order valence-corrected chi connectivity index (χ1v) is 4.23. The Labute approximate surface area is 81.1 Å². The molecule has 0 aliphatic heterocycles. The van der Waals surface area contributed by atoms with Crippen LogP contribution in [0.1, 0.15) is 34.7 Å². The highest BCUT2D eigenvalue weighted by atomic mass is 16.4. The molecule has 0 unspecified atom stereocenters. The number of aromatic carboxylic acids is 1. The van der Waals surface area contributed by atoms with E-state index in [1.165, 1.54) is 12.3 Å². The predicted octanol–water partition coefficient (Wildman–Crippen LogP) is 0.851. The average Bonchev–Trinajstić information content (AvgIpc) is 2.50. The zero-order chi connectivity index (χ0) is 10.7. The van der Waals surface area contributed by atoms with E-state index in [0.29, 0.717) is 5.56 Å². The smallest absolute Gasteiger partial charge is 0.352 e. The Bertz CT molecular complexity index is 355. The lowest BCUT2D eigenvalue weighted by molar-refractivity contribution is 0.0691. The van der Waals surface area contributed by atoms with Gasteiger partial charge in [0, 0.05) is 12.2 Å². The molecule has 1 aromatic rings. The van der Waals surface area contributed by atoms with Gasteiger partial charge < -0.3 is 15.4 Å². The van der Waals surface area contributed by atoms with Crippen molar-refractivity contribution in [3.05, 3.63) is 23.5 Å². The van der Waals surface area contributed by atoms with Crippen LogP contribution >= 0.6 is 0 Å². The van der Waals surface area contributed by atoms with E-state index in [1.54, 1.807) is 0 Å². The summed E-state index contributed by atoms with van der Waals surface area (Å²) < 4.78 is 0. The number of hydrogen-bond donors (Lipinski definition) is 3. The van der Waals surface area contributed by atoms with Crippen LogP contribution in [0.25, 0.3) is 0 Å². The molecule has 0 fully saturated rings. The van der Waals surface area contributed by atoms with Crippen molar-refractivity contribution in [1.29, 1.82) is 0 Å². The fourth-order valence-electron chi connectivity index (χ4n) is 0.994. The molecule has 0 atom stereocenters. The minimum Gasteiger partial charge on any atom is -0.477 e. The van der Waals surface area contributed by atoms with Crippen LogP contribution in [0.15, 0.2) is 12.3 Å². The summed E-state index contributed by atoms with van der Waals surface area (Å²) in [6, 6.07) is 1.34. The van der Waals surface area contributed by atoms with Crippen LogP contribution in [-0.4, -0.2) is 28.0 Å². The first kappa shape index (κ1) is 10.3. The average molecular weight is 196 g/mol. The molecule has 76 valence electrons. The fourth-order valence-corrected chi connectivity index (χ4v) is 0.994. The van der Waals surface area contributed by atoms with E-state index >= 15 is 0 Å². The van der Waals surface area contributed by atoms with Crippen LogP contribution in [0.2, 0.25) is 0 Å². The molecular weight excluding hydrogens is 184 g/mol. The Hall–Kier alpha value is -1.78. The van der Waals surface area contributed by atoms with Gasteiger partial charge in [-0.05, 0) is 19.9 Å². The maximum Gasteiger partial charge on any atom is 0.352 e. The molecule has 1 rings (SSSR count). The summed E-state index contributed by atoms with van der Waals surface area (Å²) in [6.45, 7) is 3.67. The van der Waals surface area contributed by atoms with Crippen molar-refractivity contribution in [3.8, 4) is 0 Å². The minimum atomic E-state index is -1.08. The minimum absolute atomic E-state index is 0.0129. The van der Waals surface area contributed by atoms with Gasteiger partial charge in [-0.3, -0.25) is 4.79 Å². The molecule has 1 aromatic heterocycles. The van der Waals surface area contributed by atoms with E-state index in [-0.39, 0.29) is 17.6 Å². The number of aromatic amines is 1. The zero-order valence-corrected chi connectivity index (χ0v) is 8.00. The standard InChI is InChI=1S/C9H12N2O3/c1-5(2)11-8(12)6-3-7(9(13)14)10-4-6/h3-5,10H,1-2H3,(H,11,12)(H,13,14). The summed E-state index contributed by atoms with van der Waals surface area (Å²) in [4.78, 5) is 24.4. The number of rotatable bonds is 3. The highest BCUT2D eigenvalue weighted by molar-refractivity contribution is 5.97. The topological polar surface area (TPSA) is 82.2 Å². The van der Waals surface area contributed by atoms with E-state index in [2.05, 4.69) is 10.3 Å². The summed E-state index contributed by atoms with van der Waals surface area (Å²) in [5, 5.41) is 11.3. The lowest BCUT2D eigenvalue weighted by Gasteiger charge is -2.05. The van der Waals surface area contributed by atoms with Gasteiger partial charge in [-0.25, -0.2) is 4.79 Å². The molecule has 0 spiro atoms. The van der Waals surface area contributed by atoms with Crippen molar-refractivity contribution in [2.24, 2.45) is 0 Å². The quantitative estimate of drug-likeness (QED) is 0.670. The second kappa shape index (κ2) is 3.95. The third kappa shape index (κ3) is 2.35. The molecule has 0 aliphatic rings. The van der Waals surface area contributed by atoms with Gasteiger partial charge in [0.25, 0.3) is 5.91 Å². The maximum atomic E-state index is 11.4. The Balaban J connectivity index is 2.76. The second-order valence-electron chi connectivity index (χ2n) is 3.24. The number of hydrogen-bond acceptors (Lipinski definition) is 2. The summed E-state index contributed by atoms with van der Waals surface area (Å²) in [7, 11) is 0. The number of carboxylic acids is 1. The molecule has 0 radical (unpaired) electrons. The Kier molecular flexibility index (Phi) is 2.91. The third-order valence-electron chi connectivity index (χ3n) is 1.60. The Morgan fingerprint density at radius 3 is 2.57 bits per heavy atom. The van der Waals surface area contributed by atoms with Crippen molar-refractivity contribution >= 4 is 11.9 Å². The number of carbonyl (C=O) groups excluding carboxylic acids is 1. The largest absolute Gasteiger partial charge is 0.477 e. The molecule has 0 aliphatic carbocycles. The normalized spacial score (nSPS) is 10.2. The predicted molar refractivity (Wildman–Crippen MR) is 50.4 cm³/mol. The third-order valence-corrected chi connectivity index (χ3v) is 1.60. The summed E-state index contributed by atoms with van der Waals surface area (Å²) in [5.41, 5.74) is 0.343. The van der Waals surface area contributed by atoms with Crippen LogP contribution in [0.5, 0.6) is 0 Å². The molecule has 1 amide bonds. The highest BCUT2D eigenvalue weighted by Gasteiger charge is 2.12. The van der Waals surface area contributed by atoms with Gasteiger partial charge in [0.2, 0.25) is 0 Å². The second-order valence-corrected chi connectivity index (χ2v) is 3.24. The molecule has 0 saturated carbocycles. The van der Waals surface area contributed by atoms with Gasteiger partial charge in [-0.2, -0.15) is 0 Å². The lowest BCUT2D eigenvalue weighted by atomic mass is 10.2. The van der Waals surface area contributed by atoms with Gasteiger partial charge >= 0.3 is 5.97 Å². The van der Waals surface area contributed by atoms with Crippen LogP contribution < -0.4 is 5.32 Å². The summed E-state index contributed by atoms with van der Waals surface area (Å²) >= 11 is 0. The molecule has 0 bridgehead atoms. The van der Waals surface area contributed by atoms with Crippen LogP contribution in [0.3, 0.4) is 0 Å². The van der Waals surface area contributed by atoms with Crippen molar-refractivity contribution in [2.45, 2.75) is 19.9 Å². The number of nitrogens with one attached hydrogen (secondary N) is 2. The molecular formula is C9H12N2O3. The van der Waals surface area contributed by atoms with Gasteiger partial charge in [-0.15, -0.1) is 0 Å². The van der Waals surface area contributed by atoms with Crippen LogP contribution in [0.4, 0.5) is 0 Å². The first-order chi connectivity index (χ1) is 6.50. The molecule has 5 nitrogen and oxygen atoms in total. The van der Waals surface area contributed by atoms with E-state index in [4.69, 9.17) is 5.11 Å². The van der Waals surface area contributed by atoms with Crippen molar-refractivity contribution in [3.63, 3.8) is 0 Å². The molecule has 5 heteroatoms. The molecule has 0 saturated heterocycles. The van der Waals surface area contributed by atoms with Crippen molar-refractivity contribution in [1.82, 2.24) is 10.3 Å². The van der Waals surface area contributed by atoms with Gasteiger partial charge in [-0.1, -0.05) is 0 Å². The summed E-state index contributed by atoms with van der Waals surface area (Å²) in [5.74, 6) is -1.35. The Morgan fingerprint density at radius 2 is 2.14 bits per heavy atom. The molecule has 0 aromatic carbocycles. The monoisotopic (exact) mass is 196 g/mol. The first-order valence-electron chi connectivity index (χ1n) is 4.23. The fraction of sp³-hybridized carbons (Fsp3) is 0.333. The van der Waals surface area contributed by atoms with E-state index in [0.717, 1.165) is 0 Å². The molecule has 14 heavy (non-hydrogen) atoms. The Morgan fingerprint density at radius 1 is 1.50 bits per heavy atom. The van der Waals surface area contributed by atoms with Crippen molar-refractivity contribution in [2.75, 3.05) is 0 Å². The highest BCUT2D eigenvalue weighted by Crippen LogP contribution is 2.03. The zero-order valence-electron chi connectivity index (χ0n) is 8.00. The SMILES string of the molecule is CC(C)NC(=O)c1c[nH]c(C(=O)O)c1. The van der Waals surface area contributed by atoms with Gasteiger partial charge in [0.15, 0.2) is 0 Å². The van der Waals surface area contributed by atoms with Gasteiger partial charge in [0.05, 0.1) is 5.56 Å². The summed E-state index contributed by atoms with van der Waals surface area (Å²) in [6.07, 6.45) is 1.38. The van der Waals surface area contributed by atoms with Crippen LogP contribution in [0, 0.1) is 0 Å². The van der Waals surface area contributed by atoms with Crippen LogP contribution in [-0.2, 0) is 0 Å².